The molecule has 5 heteroatoms. The SMILES string of the molecule is CCNCc1cc(=O)[nH]c(CSCC)n1. The van der Waals surface area contributed by atoms with Crippen molar-refractivity contribution in [2.24, 2.45) is 0 Å². The van der Waals surface area contributed by atoms with Crippen molar-refractivity contribution in [3.63, 3.8) is 0 Å². The molecule has 15 heavy (non-hydrogen) atoms. The van der Waals surface area contributed by atoms with Crippen molar-refractivity contribution in [1.29, 1.82) is 0 Å². The lowest BCUT2D eigenvalue weighted by atomic mass is 10.4. The van der Waals surface area contributed by atoms with Gasteiger partial charge in [0.25, 0.3) is 5.56 Å². The molecule has 1 heterocycles. The summed E-state index contributed by atoms with van der Waals surface area (Å²) in [6, 6.07) is 1.54. The Bertz CT molecular complexity index is 322. The predicted molar refractivity (Wildman–Crippen MR) is 64.1 cm³/mol. The van der Waals surface area contributed by atoms with Crippen molar-refractivity contribution in [2.75, 3.05) is 12.3 Å². The van der Waals surface area contributed by atoms with Crippen LogP contribution in [0.1, 0.15) is 25.4 Å². The Kier molecular flexibility index (Phi) is 5.42. The Balaban J connectivity index is 2.71. The summed E-state index contributed by atoms with van der Waals surface area (Å²) in [4.78, 5) is 18.4. The van der Waals surface area contributed by atoms with Crippen molar-refractivity contribution in [1.82, 2.24) is 15.3 Å². The molecule has 0 saturated carbocycles. The van der Waals surface area contributed by atoms with Gasteiger partial charge in [-0.3, -0.25) is 4.79 Å². The van der Waals surface area contributed by atoms with Crippen LogP contribution in [0, 0.1) is 0 Å². The van der Waals surface area contributed by atoms with E-state index in [9.17, 15) is 4.79 Å². The van der Waals surface area contributed by atoms with Crippen LogP contribution < -0.4 is 10.9 Å². The summed E-state index contributed by atoms with van der Waals surface area (Å²) in [5.41, 5.74) is 0.747. The third-order valence-electron chi connectivity index (χ3n) is 1.84. The highest BCUT2D eigenvalue weighted by Gasteiger charge is 2.00. The van der Waals surface area contributed by atoms with Crippen LogP contribution in [0.5, 0.6) is 0 Å². The van der Waals surface area contributed by atoms with Crippen molar-refractivity contribution >= 4 is 11.8 Å². The van der Waals surface area contributed by atoms with E-state index in [1.165, 1.54) is 0 Å². The number of H-pyrrole nitrogens is 1. The van der Waals surface area contributed by atoms with Gasteiger partial charge in [-0.1, -0.05) is 13.8 Å². The molecule has 0 radical (unpaired) electrons. The van der Waals surface area contributed by atoms with Gasteiger partial charge in [-0.05, 0) is 12.3 Å². The normalized spacial score (nSPS) is 10.5. The molecule has 4 nitrogen and oxygen atoms in total. The van der Waals surface area contributed by atoms with E-state index in [0.717, 1.165) is 29.6 Å². The molecule has 0 saturated heterocycles. The number of hydrogen-bond acceptors (Lipinski definition) is 4. The Labute approximate surface area is 93.9 Å². The first-order valence-corrected chi connectivity index (χ1v) is 6.29. The molecule has 0 aromatic carbocycles. The van der Waals surface area contributed by atoms with Gasteiger partial charge in [-0.2, -0.15) is 11.8 Å². The van der Waals surface area contributed by atoms with E-state index in [0.29, 0.717) is 6.54 Å². The van der Waals surface area contributed by atoms with Crippen molar-refractivity contribution in [3.05, 3.63) is 27.9 Å². The maximum absolute atomic E-state index is 11.3. The molecular weight excluding hydrogens is 210 g/mol. The molecule has 0 aliphatic rings. The lowest BCUT2D eigenvalue weighted by molar-refractivity contribution is 0.702. The average molecular weight is 227 g/mol. The fourth-order valence-electron chi connectivity index (χ4n) is 1.17. The van der Waals surface area contributed by atoms with Crippen LogP contribution in [0.4, 0.5) is 0 Å². The molecule has 0 bridgehead atoms. The van der Waals surface area contributed by atoms with E-state index in [1.54, 1.807) is 17.8 Å². The third kappa shape index (κ3) is 4.48. The number of thioether (sulfide) groups is 1. The second kappa shape index (κ2) is 6.63. The molecule has 0 fully saturated rings. The molecule has 0 atom stereocenters. The fraction of sp³-hybridized carbons (Fsp3) is 0.600. The molecule has 2 N–H and O–H groups in total. The van der Waals surface area contributed by atoms with Crippen LogP contribution in [-0.4, -0.2) is 22.3 Å². The van der Waals surface area contributed by atoms with Gasteiger partial charge < -0.3 is 10.3 Å². The maximum Gasteiger partial charge on any atom is 0.251 e. The summed E-state index contributed by atoms with van der Waals surface area (Å²) in [6.07, 6.45) is 0. The summed E-state index contributed by atoms with van der Waals surface area (Å²) in [6.45, 7) is 5.66. The zero-order valence-electron chi connectivity index (χ0n) is 9.17. The van der Waals surface area contributed by atoms with Gasteiger partial charge in [0.1, 0.15) is 5.82 Å². The zero-order valence-corrected chi connectivity index (χ0v) is 9.99. The molecule has 1 aromatic heterocycles. The number of nitrogens with zero attached hydrogens (tertiary/aromatic N) is 1. The number of aromatic amines is 1. The summed E-state index contributed by atoms with van der Waals surface area (Å²) in [5.74, 6) is 2.56. The first-order chi connectivity index (χ1) is 7.26. The molecule has 0 amide bonds. The minimum atomic E-state index is -0.0652. The van der Waals surface area contributed by atoms with Crippen LogP contribution in [-0.2, 0) is 12.3 Å². The largest absolute Gasteiger partial charge is 0.311 e. The van der Waals surface area contributed by atoms with Gasteiger partial charge in [0, 0.05) is 12.6 Å². The number of aromatic nitrogens is 2. The second-order valence-corrected chi connectivity index (χ2v) is 4.38. The summed E-state index contributed by atoms with van der Waals surface area (Å²) >= 11 is 1.75. The van der Waals surface area contributed by atoms with Gasteiger partial charge >= 0.3 is 0 Å². The zero-order chi connectivity index (χ0) is 11.1. The number of rotatable bonds is 6. The molecular formula is C10H17N3OS. The van der Waals surface area contributed by atoms with Crippen LogP contribution in [0.15, 0.2) is 10.9 Å². The first kappa shape index (κ1) is 12.3. The van der Waals surface area contributed by atoms with Gasteiger partial charge in [0.15, 0.2) is 0 Å². The standard InChI is InChI=1S/C10H17N3OS/c1-3-11-6-8-5-10(14)13-9(12-8)7-15-4-2/h5,11H,3-4,6-7H2,1-2H3,(H,12,13,14). The van der Waals surface area contributed by atoms with Crippen molar-refractivity contribution in [2.45, 2.75) is 26.1 Å². The number of nitrogens with one attached hydrogen (secondary N) is 2. The lowest BCUT2D eigenvalue weighted by Crippen LogP contribution is -2.18. The molecule has 0 aliphatic carbocycles. The maximum atomic E-state index is 11.3. The molecule has 0 aliphatic heterocycles. The Morgan fingerprint density at radius 1 is 1.53 bits per heavy atom. The highest BCUT2D eigenvalue weighted by molar-refractivity contribution is 7.98. The monoisotopic (exact) mass is 227 g/mol. The topological polar surface area (TPSA) is 57.8 Å². The van der Waals surface area contributed by atoms with Gasteiger partial charge in [0.05, 0.1) is 11.4 Å². The lowest BCUT2D eigenvalue weighted by Gasteiger charge is -2.03. The van der Waals surface area contributed by atoms with Crippen LogP contribution in [0.2, 0.25) is 0 Å². The highest BCUT2D eigenvalue weighted by Crippen LogP contribution is 2.06. The number of hydrogen-bond donors (Lipinski definition) is 2. The molecule has 0 unspecified atom stereocenters. The molecule has 0 spiro atoms. The van der Waals surface area contributed by atoms with E-state index in [1.807, 2.05) is 6.92 Å². The summed E-state index contributed by atoms with van der Waals surface area (Å²) in [7, 11) is 0. The quantitative estimate of drug-likeness (QED) is 0.765. The van der Waals surface area contributed by atoms with Gasteiger partial charge in [0.2, 0.25) is 0 Å². The average Bonchev–Trinajstić information content (AvgIpc) is 2.23. The predicted octanol–water partition coefficient (Wildman–Crippen LogP) is 1.13. The van der Waals surface area contributed by atoms with Crippen LogP contribution in [0.3, 0.4) is 0 Å². The minimum Gasteiger partial charge on any atom is -0.311 e. The molecule has 1 aromatic rings. The van der Waals surface area contributed by atoms with E-state index >= 15 is 0 Å². The molecule has 84 valence electrons. The summed E-state index contributed by atoms with van der Waals surface area (Å²) < 4.78 is 0. The van der Waals surface area contributed by atoms with E-state index in [4.69, 9.17) is 0 Å². The molecule has 1 rings (SSSR count). The van der Waals surface area contributed by atoms with E-state index in [2.05, 4.69) is 22.2 Å². The summed E-state index contributed by atoms with van der Waals surface area (Å²) in [5, 5.41) is 3.15. The Morgan fingerprint density at radius 2 is 2.33 bits per heavy atom. The van der Waals surface area contributed by atoms with Gasteiger partial charge in [-0.25, -0.2) is 4.98 Å². The third-order valence-corrected chi connectivity index (χ3v) is 2.73. The Morgan fingerprint density at radius 3 is 3.00 bits per heavy atom. The minimum absolute atomic E-state index is 0.0652. The van der Waals surface area contributed by atoms with Crippen molar-refractivity contribution in [3.8, 4) is 0 Å². The van der Waals surface area contributed by atoms with Gasteiger partial charge in [-0.15, -0.1) is 0 Å². The highest BCUT2D eigenvalue weighted by atomic mass is 32.2. The van der Waals surface area contributed by atoms with Crippen LogP contribution in [0.25, 0.3) is 0 Å². The first-order valence-electron chi connectivity index (χ1n) is 5.13. The second-order valence-electron chi connectivity index (χ2n) is 3.10. The van der Waals surface area contributed by atoms with Crippen molar-refractivity contribution < 1.29 is 0 Å². The fourth-order valence-corrected chi connectivity index (χ4v) is 1.71. The van der Waals surface area contributed by atoms with Crippen LogP contribution >= 0.6 is 11.8 Å². The smallest absolute Gasteiger partial charge is 0.251 e. The van der Waals surface area contributed by atoms with E-state index in [-0.39, 0.29) is 5.56 Å². The Hall–Kier alpha value is -0.810. The van der Waals surface area contributed by atoms with E-state index < -0.39 is 0 Å².